The second-order valence-corrected chi connectivity index (χ2v) is 14.6. The van der Waals surface area contributed by atoms with Gasteiger partial charge < -0.3 is 0 Å². The van der Waals surface area contributed by atoms with Gasteiger partial charge in [-0.15, -0.1) is 5.54 Å². The van der Waals surface area contributed by atoms with Crippen molar-refractivity contribution < 1.29 is 0 Å². The second kappa shape index (κ2) is 11.0. The molecule has 0 heterocycles. The molecule has 0 aliphatic carbocycles. The fraction of sp³-hybridized carbons (Fsp3) is 0.500. The Labute approximate surface area is 186 Å². The van der Waals surface area contributed by atoms with E-state index in [-0.39, 0.29) is 6.04 Å². The third-order valence-corrected chi connectivity index (χ3v) is 6.81. The van der Waals surface area contributed by atoms with E-state index in [4.69, 9.17) is 0 Å². The van der Waals surface area contributed by atoms with Crippen LogP contribution in [0.25, 0.3) is 0 Å². The van der Waals surface area contributed by atoms with Crippen LogP contribution < -0.4 is 0 Å². The van der Waals surface area contributed by atoms with Crippen molar-refractivity contribution in [1.29, 1.82) is 0 Å². The van der Waals surface area contributed by atoms with E-state index in [2.05, 4.69) is 113 Å². The SMILES string of the molecule is CCC(CC)[C@@H](C#C[Si](C)(C)C)N(Cc1ccccc1)Cc1c(C)cc(C)cc1C. The Bertz CT molecular complexity index is 840. The van der Waals surface area contributed by atoms with Gasteiger partial charge in [-0.1, -0.05) is 100 Å². The molecule has 2 heteroatoms. The average Bonchev–Trinajstić information content (AvgIpc) is 2.67. The van der Waals surface area contributed by atoms with Crippen molar-refractivity contribution in [1.82, 2.24) is 4.90 Å². The molecule has 0 spiro atoms. The van der Waals surface area contributed by atoms with E-state index in [0.29, 0.717) is 5.92 Å². The number of aryl methyl sites for hydroxylation is 3. The minimum atomic E-state index is -1.44. The monoisotopic (exact) mass is 419 g/mol. The maximum absolute atomic E-state index is 3.79. The number of rotatable bonds is 8. The summed E-state index contributed by atoms with van der Waals surface area (Å²) in [4.78, 5) is 2.64. The summed E-state index contributed by atoms with van der Waals surface area (Å²) in [5.74, 6) is 4.38. The third-order valence-electron chi connectivity index (χ3n) is 5.91. The Kier molecular flexibility index (Phi) is 8.95. The van der Waals surface area contributed by atoms with Gasteiger partial charge in [0.25, 0.3) is 0 Å². The zero-order valence-corrected chi connectivity index (χ0v) is 21.5. The predicted molar refractivity (Wildman–Crippen MR) is 135 cm³/mol. The Morgan fingerprint density at radius 3 is 1.93 bits per heavy atom. The van der Waals surface area contributed by atoms with Gasteiger partial charge in [0.2, 0.25) is 0 Å². The summed E-state index contributed by atoms with van der Waals surface area (Å²) in [5, 5.41) is 0. The lowest BCUT2D eigenvalue weighted by atomic mass is 9.91. The van der Waals surface area contributed by atoms with Crippen LogP contribution in [0.2, 0.25) is 19.6 Å². The molecule has 0 aliphatic heterocycles. The smallest absolute Gasteiger partial charge is 0.129 e. The van der Waals surface area contributed by atoms with Crippen molar-refractivity contribution in [2.75, 3.05) is 0 Å². The maximum Gasteiger partial charge on any atom is 0.129 e. The highest BCUT2D eigenvalue weighted by molar-refractivity contribution is 6.83. The molecule has 162 valence electrons. The fourth-order valence-electron chi connectivity index (χ4n) is 4.27. The largest absolute Gasteiger partial charge is 0.281 e. The molecule has 0 amide bonds. The van der Waals surface area contributed by atoms with Crippen LogP contribution in [-0.4, -0.2) is 19.0 Å². The first-order valence-electron chi connectivity index (χ1n) is 11.5. The number of benzene rings is 2. The topological polar surface area (TPSA) is 3.24 Å². The van der Waals surface area contributed by atoms with Gasteiger partial charge in [-0.25, -0.2) is 0 Å². The van der Waals surface area contributed by atoms with Gasteiger partial charge in [0.05, 0.1) is 6.04 Å². The highest BCUT2D eigenvalue weighted by Crippen LogP contribution is 2.26. The van der Waals surface area contributed by atoms with Crippen LogP contribution in [0.5, 0.6) is 0 Å². The minimum Gasteiger partial charge on any atom is -0.281 e. The molecule has 1 atom stereocenters. The lowest BCUT2D eigenvalue weighted by Crippen LogP contribution is -2.39. The molecule has 0 fully saturated rings. The number of hydrogen-bond donors (Lipinski definition) is 0. The summed E-state index contributed by atoms with van der Waals surface area (Å²) < 4.78 is 0. The molecule has 2 rings (SSSR count). The van der Waals surface area contributed by atoms with E-state index in [0.717, 1.165) is 13.1 Å². The van der Waals surface area contributed by atoms with Crippen LogP contribution in [0.15, 0.2) is 42.5 Å². The van der Waals surface area contributed by atoms with Crippen molar-refractivity contribution in [3.63, 3.8) is 0 Å². The molecule has 1 nitrogen and oxygen atoms in total. The molecule has 0 unspecified atom stereocenters. The molecule has 0 aromatic heterocycles. The number of nitrogens with zero attached hydrogens (tertiary/aromatic N) is 1. The molecule has 0 bridgehead atoms. The van der Waals surface area contributed by atoms with Crippen LogP contribution in [0.1, 0.15) is 54.5 Å². The quantitative estimate of drug-likeness (QED) is 0.320. The highest BCUT2D eigenvalue weighted by Gasteiger charge is 2.26. The van der Waals surface area contributed by atoms with Crippen LogP contribution in [0.3, 0.4) is 0 Å². The Morgan fingerprint density at radius 2 is 1.43 bits per heavy atom. The van der Waals surface area contributed by atoms with Crippen molar-refractivity contribution >= 4 is 8.07 Å². The molecule has 0 saturated carbocycles. The Morgan fingerprint density at radius 1 is 0.867 bits per heavy atom. The molecule has 0 radical (unpaired) electrons. The first-order chi connectivity index (χ1) is 14.1. The van der Waals surface area contributed by atoms with Crippen molar-refractivity contribution in [2.24, 2.45) is 5.92 Å². The van der Waals surface area contributed by atoms with Gasteiger partial charge in [0.1, 0.15) is 8.07 Å². The zero-order valence-electron chi connectivity index (χ0n) is 20.5. The highest BCUT2D eigenvalue weighted by atomic mass is 28.3. The maximum atomic E-state index is 3.79. The molecule has 30 heavy (non-hydrogen) atoms. The van der Waals surface area contributed by atoms with Gasteiger partial charge in [-0.05, 0) is 48.9 Å². The van der Waals surface area contributed by atoms with E-state index >= 15 is 0 Å². The van der Waals surface area contributed by atoms with Crippen molar-refractivity contribution in [3.8, 4) is 11.5 Å². The summed E-state index contributed by atoms with van der Waals surface area (Å²) in [6.07, 6.45) is 2.33. The Balaban J connectivity index is 2.52. The third kappa shape index (κ3) is 7.15. The lowest BCUT2D eigenvalue weighted by molar-refractivity contribution is 0.159. The van der Waals surface area contributed by atoms with Crippen LogP contribution in [0, 0.1) is 38.2 Å². The first kappa shape index (κ1) is 24.4. The van der Waals surface area contributed by atoms with Crippen LogP contribution >= 0.6 is 0 Å². The average molecular weight is 420 g/mol. The van der Waals surface area contributed by atoms with Gasteiger partial charge >= 0.3 is 0 Å². The minimum absolute atomic E-state index is 0.284. The van der Waals surface area contributed by atoms with Gasteiger partial charge in [-0.3, -0.25) is 4.90 Å². The Hall–Kier alpha value is -1.82. The van der Waals surface area contributed by atoms with Gasteiger partial charge in [0, 0.05) is 13.1 Å². The summed E-state index contributed by atoms with van der Waals surface area (Å²) in [6.45, 7) is 20.3. The van der Waals surface area contributed by atoms with Gasteiger partial charge in [-0.2, -0.15) is 0 Å². The van der Waals surface area contributed by atoms with E-state index in [1.165, 1.54) is 40.7 Å². The summed E-state index contributed by atoms with van der Waals surface area (Å²) >= 11 is 0. The predicted octanol–water partition coefficient (Wildman–Crippen LogP) is 7.30. The summed E-state index contributed by atoms with van der Waals surface area (Å²) in [5.41, 5.74) is 10.7. The lowest BCUT2D eigenvalue weighted by Gasteiger charge is -2.34. The molecular weight excluding hydrogens is 378 g/mol. The number of hydrogen-bond acceptors (Lipinski definition) is 1. The van der Waals surface area contributed by atoms with Crippen LogP contribution in [0.4, 0.5) is 0 Å². The normalized spacial score (nSPS) is 12.7. The van der Waals surface area contributed by atoms with E-state index < -0.39 is 8.07 Å². The molecule has 0 saturated heterocycles. The van der Waals surface area contributed by atoms with E-state index in [1.54, 1.807) is 0 Å². The summed E-state index contributed by atoms with van der Waals surface area (Å²) in [7, 11) is -1.44. The fourth-order valence-corrected chi connectivity index (χ4v) is 4.85. The summed E-state index contributed by atoms with van der Waals surface area (Å²) in [6, 6.07) is 15.8. The standard InChI is InChI=1S/C28H41NSi/c1-9-26(10-2)28(16-17-30(6,7)8)29(20-25-14-12-11-13-15-25)21-27-23(4)18-22(3)19-24(27)5/h11-15,18-19,26,28H,9-10,20-21H2,1-8H3/t28-/m1/s1. The van der Waals surface area contributed by atoms with Crippen molar-refractivity contribution in [3.05, 3.63) is 70.3 Å². The van der Waals surface area contributed by atoms with Gasteiger partial charge in [0.15, 0.2) is 0 Å². The molecule has 2 aromatic rings. The molecule has 2 aromatic carbocycles. The molecule has 0 aliphatic rings. The first-order valence-corrected chi connectivity index (χ1v) is 15.0. The van der Waals surface area contributed by atoms with Crippen LogP contribution in [-0.2, 0) is 13.1 Å². The van der Waals surface area contributed by atoms with Crippen molar-refractivity contribution in [2.45, 2.75) is 86.2 Å². The van der Waals surface area contributed by atoms with E-state index in [9.17, 15) is 0 Å². The molecule has 0 N–H and O–H groups in total. The second-order valence-electron chi connectivity index (χ2n) is 9.81. The zero-order chi connectivity index (χ0) is 22.3. The molecular formula is C28H41NSi. The van der Waals surface area contributed by atoms with E-state index in [1.807, 2.05) is 0 Å².